The molecule has 2 amide bonds. The van der Waals surface area contributed by atoms with Crippen molar-refractivity contribution in [1.29, 1.82) is 0 Å². The number of amides is 2. The fourth-order valence-corrected chi connectivity index (χ4v) is 5.67. The summed E-state index contributed by atoms with van der Waals surface area (Å²) < 4.78 is 11.3. The van der Waals surface area contributed by atoms with Crippen LogP contribution in [0.5, 0.6) is 0 Å². The summed E-state index contributed by atoms with van der Waals surface area (Å²) in [5, 5.41) is 12.4. The number of likely N-dealkylation sites (tertiary alicyclic amines) is 1. The molecule has 2 aromatic rings. The predicted octanol–water partition coefficient (Wildman–Crippen LogP) is 3.40. The van der Waals surface area contributed by atoms with Gasteiger partial charge in [-0.1, -0.05) is 48.5 Å². The van der Waals surface area contributed by atoms with Gasteiger partial charge in [0.05, 0.1) is 0 Å². The van der Waals surface area contributed by atoms with Gasteiger partial charge in [0.1, 0.15) is 18.2 Å². The number of nitrogens with one attached hydrogen (secondary N) is 1. The Labute approximate surface area is 204 Å². The number of nitrogens with zero attached hydrogens (tertiary/aromatic N) is 1. The van der Waals surface area contributed by atoms with E-state index in [0.717, 1.165) is 22.3 Å². The molecule has 35 heavy (non-hydrogen) atoms. The SMILES string of the molecule is CC1(C(=O)O)CCCN1C(=O)C1OCCC1CNC(=O)OCC1c2ccccc2-c2ccccc21. The lowest BCUT2D eigenvalue weighted by atomic mass is 9.96. The third kappa shape index (κ3) is 4.16. The van der Waals surface area contributed by atoms with Crippen molar-refractivity contribution in [3.8, 4) is 11.1 Å². The number of benzene rings is 2. The zero-order valence-electron chi connectivity index (χ0n) is 19.7. The lowest BCUT2D eigenvalue weighted by Gasteiger charge is -2.34. The van der Waals surface area contributed by atoms with Crippen molar-refractivity contribution < 1.29 is 29.0 Å². The average molecular weight is 479 g/mol. The monoisotopic (exact) mass is 478 g/mol. The Kier molecular flexibility index (Phi) is 6.23. The summed E-state index contributed by atoms with van der Waals surface area (Å²) in [6.45, 7) is 2.82. The van der Waals surface area contributed by atoms with E-state index in [0.29, 0.717) is 32.4 Å². The number of carbonyl (C=O) groups excluding carboxylic acids is 2. The first-order valence-electron chi connectivity index (χ1n) is 12.2. The second-order valence-corrected chi connectivity index (χ2v) is 9.72. The van der Waals surface area contributed by atoms with Crippen molar-refractivity contribution in [2.24, 2.45) is 5.92 Å². The van der Waals surface area contributed by atoms with E-state index in [9.17, 15) is 19.5 Å². The second kappa shape index (κ2) is 9.34. The fraction of sp³-hybridized carbons (Fsp3) is 0.444. The molecule has 8 heteroatoms. The number of fused-ring (bicyclic) bond motifs is 3. The molecule has 0 radical (unpaired) electrons. The molecule has 2 aliphatic heterocycles. The first kappa shape index (κ1) is 23.4. The van der Waals surface area contributed by atoms with Crippen LogP contribution in [0.4, 0.5) is 4.79 Å². The molecule has 1 aliphatic carbocycles. The summed E-state index contributed by atoms with van der Waals surface area (Å²) in [5.74, 6) is -1.58. The minimum atomic E-state index is -1.21. The highest BCUT2D eigenvalue weighted by molar-refractivity contribution is 5.90. The molecule has 3 aliphatic rings. The molecule has 0 spiro atoms. The number of carboxylic acids is 1. The Morgan fingerprint density at radius 1 is 1.11 bits per heavy atom. The summed E-state index contributed by atoms with van der Waals surface area (Å²) in [6, 6.07) is 16.3. The maximum absolute atomic E-state index is 13.1. The first-order valence-corrected chi connectivity index (χ1v) is 12.2. The van der Waals surface area contributed by atoms with Gasteiger partial charge in [-0.25, -0.2) is 9.59 Å². The van der Waals surface area contributed by atoms with Gasteiger partial charge >= 0.3 is 12.1 Å². The molecule has 0 aromatic heterocycles. The van der Waals surface area contributed by atoms with E-state index in [1.54, 1.807) is 6.92 Å². The summed E-state index contributed by atoms with van der Waals surface area (Å²) in [7, 11) is 0. The number of carboxylic acid groups (broad SMARTS) is 1. The minimum absolute atomic E-state index is 0.0267. The van der Waals surface area contributed by atoms with Crippen molar-refractivity contribution in [1.82, 2.24) is 10.2 Å². The number of hydrogen-bond acceptors (Lipinski definition) is 5. The number of ether oxygens (including phenoxy) is 2. The maximum Gasteiger partial charge on any atom is 0.407 e. The van der Waals surface area contributed by atoms with Crippen LogP contribution in [0, 0.1) is 5.92 Å². The summed E-state index contributed by atoms with van der Waals surface area (Å²) in [4.78, 5) is 38.9. The molecule has 2 fully saturated rings. The number of hydrogen-bond donors (Lipinski definition) is 2. The molecule has 0 bridgehead atoms. The highest BCUT2D eigenvalue weighted by Crippen LogP contribution is 2.44. The molecule has 0 saturated carbocycles. The molecular weight excluding hydrogens is 448 g/mol. The number of rotatable bonds is 6. The van der Waals surface area contributed by atoms with Crippen LogP contribution in [-0.2, 0) is 19.1 Å². The number of carbonyl (C=O) groups is 3. The van der Waals surface area contributed by atoms with E-state index < -0.39 is 23.7 Å². The van der Waals surface area contributed by atoms with E-state index in [1.807, 2.05) is 24.3 Å². The summed E-state index contributed by atoms with van der Waals surface area (Å²) in [5.41, 5.74) is 3.40. The fourth-order valence-electron chi connectivity index (χ4n) is 5.67. The zero-order chi connectivity index (χ0) is 24.6. The van der Waals surface area contributed by atoms with Gasteiger partial charge in [-0.3, -0.25) is 4.79 Å². The molecule has 184 valence electrons. The van der Waals surface area contributed by atoms with Crippen molar-refractivity contribution in [3.63, 3.8) is 0 Å². The maximum atomic E-state index is 13.1. The van der Waals surface area contributed by atoms with E-state index in [1.165, 1.54) is 4.90 Å². The molecule has 3 atom stereocenters. The van der Waals surface area contributed by atoms with Crippen LogP contribution in [0.3, 0.4) is 0 Å². The third-order valence-corrected chi connectivity index (χ3v) is 7.68. The molecular formula is C27H30N2O6. The van der Waals surface area contributed by atoms with Crippen molar-refractivity contribution >= 4 is 18.0 Å². The molecule has 2 heterocycles. The zero-order valence-corrected chi connectivity index (χ0v) is 19.7. The van der Waals surface area contributed by atoms with Gasteiger partial charge < -0.3 is 24.8 Å². The van der Waals surface area contributed by atoms with E-state index in [-0.39, 0.29) is 30.9 Å². The lowest BCUT2D eigenvalue weighted by Crippen LogP contribution is -2.55. The predicted molar refractivity (Wildman–Crippen MR) is 128 cm³/mol. The summed E-state index contributed by atoms with van der Waals surface area (Å²) in [6.07, 6.45) is 0.368. The van der Waals surface area contributed by atoms with Crippen LogP contribution in [0.2, 0.25) is 0 Å². The van der Waals surface area contributed by atoms with Crippen molar-refractivity contribution in [2.45, 2.75) is 43.7 Å². The van der Waals surface area contributed by atoms with Crippen molar-refractivity contribution in [3.05, 3.63) is 59.7 Å². The second-order valence-electron chi connectivity index (χ2n) is 9.72. The van der Waals surface area contributed by atoms with Gasteiger partial charge in [0.2, 0.25) is 0 Å². The molecule has 2 N–H and O–H groups in total. The van der Waals surface area contributed by atoms with Gasteiger partial charge in [0.15, 0.2) is 0 Å². The van der Waals surface area contributed by atoms with Gasteiger partial charge in [-0.2, -0.15) is 0 Å². The molecule has 5 rings (SSSR count). The van der Waals surface area contributed by atoms with Crippen LogP contribution in [0.25, 0.3) is 11.1 Å². The standard InChI is InChI=1S/C27H30N2O6/c1-27(25(31)32)12-6-13-29(27)24(30)23-17(11-14-34-23)15-28-26(33)35-16-22-20-9-4-2-7-18(20)19-8-3-5-10-21(19)22/h2-5,7-10,17,22-23H,6,11-16H2,1H3,(H,28,33)(H,31,32). The molecule has 8 nitrogen and oxygen atoms in total. The normalized spacial score (nSPS) is 25.2. The van der Waals surface area contributed by atoms with E-state index in [2.05, 4.69) is 29.6 Å². The smallest absolute Gasteiger partial charge is 0.407 e. The van der Waals surface area contributed by atoms with Gasteiger partial charge in [0.25, 0.3) is 5.91 Å². The van der Waals surface area contributed by atoms with E-state index >= 15 is 0 Å². The quantitative estimate of drug-likeness (QED) is 0.659. The molecule has 3 unspecified atom stereocenters. The van der Waals surface area contributed by atoms with Gasteiger partial charge in [-0.15, -0.1) is 0 Å². The number of alkyl carbamates (subject to hydrolysis) is 1. The topological polar surface area (TPSA) is 105 Å². The lowest BCUT2D eigenvalue weighted by molar-refractivity contribution is -0.160. The Morgan fingerprint density at radius 3 is 2.43 bits per heavy atom. The summed E-state index contributed by atoms with van der Waals surface area (Å²) >= 11 is 0. The Hall–Kier alpha value is -3.39. The van der Waals surface area contributed by atoms with Crippen molar-refractivity contribution in [2.75, 3.05) is 26.3 Å². The van der Waals surface area contributed by atoms with Crippen LogP contribution >= 0.6 is 0 Å². The largest absolute Gasteiger partial charge is 0.480 e. The minimum Gasteiger partial charge on any atom is -0.480 e. The average Bonchev–Trinajstić information content (AvgIpc) is 3.57. The van der Waals surface area contributed by atoms with Crippen LogP contribution in [0.15, 0.2) is 48.5 Å². The van der Waals surface area contributed by atoms with Crippen LogP contribution < -0.4 is 5.32 Å². The molecule has 2 aromatic carbocycles. The Bertz CT molecular complexity index is 1100. The highest BCUT2D eigenvalue weighted by Gasteiger charge is 2.49. The molecule has 2 saturated heterocycles. The first-order chi connectivity index (χ1) is 16.9. The Balaban J connectivity index is 1.18. The van der Waals surface area contributed by atoms with Gasteiger partial charge in [-0.05, 0) is 48.4 Å². The highest BCUT2D eigenvalue weighted by atomic mass is 16.5. The van der Waals surface area contributed by atoms with Gasteiger partial charge in [0, 0.05) is 31.5 Å². The number of aliphatic carboxylic acids is 1. The van der Waals surface area contributed by atoms with Crippen LogP contribution in [-0.4, -0.2) is 65.9 Å². The van der Waals surface area contributed by atoms with E-state index in [4.69, 9.17) is 9.47 Å². The third-order valence-electron chi connectivity index (χ3n) is 7.68. The Morgan fingerprint density at radius 2 is 1.77 bits per heavy atom. The van der Waals surface area contributed by atoms with Crippen LogP contribution in [0.1, 0.15) is 43.2 Å².